The molecule has 2 saturated heterocycles. The lowest BCUT2D eigenvalue weighted by atomic mass is 10.1. The molecule has 1 atom stereocenters. The Morgan fingerprint density at radius 1 is 1.14 bits per heavy atom. The zero-order valence-electron chi connectivity index (χ0n) is 19.5. The first kappa shape index (κ1) is 22.9. The highest BCUT2D eigenvalue weighted by Crippen LogP contribution is 2.32. The summed E-state index contributed by atoms with van der Waals surface area (Å²) in [6.45, 7) is 2.62. The molecule has 4 aromatic rings. The highest BCUT2D eigenvalue weighted by atomic mass is 32.1. The second kappa shape index (κ2) is 9.51. The van der Waals surface area contributed by atoms with E-state index in [-0.39, 0.29) is 17.7 Å². The second-order valence-electron chi connectivity index (χ2n) is 9.15. The average molecular weight is 509 g/mol. The summed E-state index contributed by atoms with van der Waals surface area (Å²) in [4.78, 5) is 31.8. The Balaban J connectivity index is 1.21. The fourth-order valence-corrected chi connectivity index (χ4v) is 5.77. The topological polar surface area (TPSA) is 85.2 Å². The standard InChI is InChI=1S/C26H25FN4O4S/c27-20-13-18(35-26(33)30-9-1-2-10-30)6-7-19(20)21-14-31-22-8-5-16(12-23(22)36-25(31)29-21)24(32)28-17-4-3-11-34-15-17/h5-8,12-14,17H,1-4,9-11,15H2,(H,28,32). The maximum Gasteiger partial charge on any atom is 0.415 e. The molecule has 0 aliphatic carbocycles. The molecule has 6 rings (SSSR count). The molecule has 0 saturated carbocycles. The summed E-state index contributed by atoms with van der Waals surface area (Å²) >= 11 is 1.44. The Kier molecular flexibility index (Phi) is 6.06. The summed E-state index contributed by atoms with van der Waals surface area (Å²) in [6, 6.07) is 9.95. The van der Waals surface area contributed by atoms with E-state index < -0.39 is 11.9 Å². The van der Waals surface area contributed by atoms with Crippen molar-refractivity contribution in [1.82, 2.24) is 19.6 Å². The molecule has 36 heavy (non-hydrogen) atoms. The Labute approximate surface area is 210 Å². The van der Waals surface area contributed by atoms with E-state index in [2.05, 4.69) is 10.3 Å². The number of aromatic nitrogens is 2. The average Bonchev–Trinajstić information content (AvgIpc) is 3.61. The molecule has 4 heterocycles. The number of amides is 2. The summed E-state index contributed by atoms with van der Waals surface area (Å²) < 4.78 is 28.5. The van der Waals surface area contributed by atoms with E-state index >= 15 is 0 Å². The van der Waals surface area contributed by atoms with Crippen LogP contribution in [-0.2, 0) is 4.74 Å². The summed E-state index contributed by atoms with van der Waals surface area (Å²) in [6.07, 6.45) is 5.11. The first-order valence-corrected chi connectivity index (χ1v) is 12.9. The number of fused-ring (bicyclic) bond motifs is 3. The third-order valence-electron chi connectivity index (χ3n) is 6.64. The lowest BCUT2D eigenvalue weighted by Crippen LogP contribution is -2.40. The summed E-state index contributed by atoms with van der Waals surface area (Å²) in [5.41, 5.74) is 2.29. The molecular weight excluding hydrogens is 483 g/mol. The molecule has 8 nitrogen and oxygen atoms in total. The molecule has 0 radical (unpaired) electrons. The van der Waals surface area contributed by atoms with E-state index in [0.29, 0.717) is 41.5 Å². The number of hydrogen-bond donors (Lipinski definition) is 1. The van der Waals surface area contributed by atoms with E-state index in [1.807, 2.05) is 16.5 Å². The van der Waals surface area contributed by atoms with Crippen molar-refractivity contribution in [3.63, 3.8) is 0 Å². The van der Waals surface area contributed by atoms with Crippen LogP contribution >= 0.6 is 11.3 Å². The molecule has 2 fully saturated rings. The van der Waals surface area contributed by atoms with Gasteiger partial charge in [0.05, 0.1) is 28.6 Å². The highest BCUT2D eigenvalue weighted by molar-refractivity contribution is 7.23. The second-order valence-corrected chi connectivity index (χ2v) is 10.2. The number of likely N-dealkylation sites (tertiary alicyclic amines) is 1. The van der Waals surface area contributed by atoms with E-state index in [4.69, 9.17) is 9.47 Å². The van der Waals surface area contributed by atoms with Crippen molar-refractivity contribution in [1.29, 1.82) is 0 Å². The minimum atomic E-state index is -0.512. The van der Waals surface area contributed by atoms with Crippen LogP contribution in [0.15, 0.2) is 42.6 Å². The zero-order chi connectivity index (χ0) is 24.6. The van der Waals surface area contributed by atoms with Crippen molar-refractivity contribution < 1.29 is 23.5 Å². The number of imidazole rings is 1. The summed E-state index contributed by atoms with van der Waals surface area (Å²) in [5.74, 6) is -0.459. The van der Waals surface area contributed by atoms with Gasteiger partial charge in [0.2, 0.25) is 0 Å². The molecular formula is C26H25FN4O4S. The third-order valence-corrected chi connectivity index (χ3v) is 7.66. The largest absolute Gasteiger partial charge is 0.415 e. The number of nitrogens with one attached hydrogen (secondary N) is 1. The Morgan fingerprint density at radius 2 is 2.00 bits per heavy atom. The van der Waals surface area contributed by atoms with Gasteiger partial charge in [-0.1, -0.05) is 11.3 Å². The third kappa shape index (κ3) is 4.42. The number of ether oxygens (including phenoxy) is 2. The Morgan fingerprint density at radius 3 is 2.78 bits per heavy atom. The monoisotopic (exact) mass is 508 g/mol. The zero-order valence-corrected chi connectivity index (χ0v) is 20.4. The fraction of sp³-hybridized carbons (Fsp3) is 0.346. The van der Waals surface area contributed by atoms with Crippen molar-refractivity contribution in [3.8, 4) is 17.0 Å². The molecule has 0 spiro atoms. The molecule has 2 amide bonds. The van der Waals surface area contributed by atoms with Gasteiger partial charge in [0.1, 0.15) is 11.6 Å². The molecule has 2 aromatic heterocycles. The van der Waals surface area contributed by atoms with Gasteiger partial charge in [-0.2, -0.15) is 0 Å². The van der Waals surface area contributed by atoms with Crippen LogP contribution in [0, 0.1) is 5.82 Å². The first-order valence-electron chi connectivity index (χ1n) is 12.1. The Bertz CT molecular complexity index is 1450. The minimum Gasteiger partial charge on any atom is -0.410 e. The van der Waals surface area contributed by atoms with Gasteiger partial charge < -0.3 is 19.7 Å². The number of thiazole rings is 1. The normalized spacial score (nSPS) is 18.1. The van der Waals surface area contributed by atoms with Crippen molar-refractivity contribution in [2.45, 2.75) is 31.7 Å². The molecule has 2 aromatic carbocycles. The number of halogens is 1. The lowest BCUT2D eigenvalue weighted by molar-refractivity contribution is 0.0624. The quantitative estimate of drug-likeness (QED) is 0.426. The van der Waals surface area contributed by atoms with E-state index in [9.17, 15) is 14.0 Å². The van der Waals surface area contributed by atoms with Crippen LogP contribution in [-0.4, -0.2) is 58.6 Å². The van der Waals surface area contributed by atoms with Gasteiger partial charge in [-0.3, -0.25) is 9.20 Å². The van der Waals surface area contributed by atoms with Gasteiger partial charge in [0, 0.05) is 43.1 Å². The number of hydrogen-bond acceptors (Lipinski definition) is 6. The van der Waals surface area contributed by atoms with Crippen LogP contribution in [0.2, 0.25) is 0 Å². The predicted molar refractivity (Wildman–Crippen MR) is 134 cm³/mol. The first-order chi connectivity index (χ1) is 17.5. The summed E-state index contributed by atoms with van der Waals surface area (Å²) in [5, 5.41) is 3.04. The van der Waals surface area contributed by atoms with Crippen molar-refractivity contribution >= 4 is 38.5 Å². The van der Waals surface area contributed by atoms with E-state index in [1.54, 1.807) is 29.3 Å². The number of nitrogens with zero attached hydrogens (tertiary/aromatic N) is 3. The molecule has 10 heteroatoms. The molecule has 2 aliphatic rings. The van der Waals surface area contributed by atoms with Gasteiger partial charge >= 0.3 is 6.09 Å². The van der Waals surface area contributed by atoms with Gasteiger partial charge in [-0.05, 0) is 56.0 Å². The minimum absolute atomic E-state index is 0.0372. The van der Waals surface area contributed by atoms with Gasteiger partial charge in [0.25, 0.3) is 5.91 Å². The molecule has 0 bridgehead atoms. The number of benzene rings is 2. The SMILES string of the molecule is O=C(NC1CCCOC1)c1ccc2c(c1)sc1nc(-c3ccc(OC(=O)N4CCCC4)cc3F)cn12. The number of rotatable bonds is 4. The Hall–Kier alpha value is -3.50. The van der Waals surface area contributed by atoms with Crippen LogP contribution < -0.4 is 10.1 Å². The smallest absolute Gasteiger partial charge is 0.410 e. The van der Waals surface area contributed by atoms with Crippen molar-refractivity contribution in [2.75, 3.05) is 26.3 Å². The molecule has 186 valence electrons. The van der Waals surface area contributed by atoms with Gasteiger partial charge in [-0.25, -0.2) is 14.2 Å². The number of carbonyl (C=O) groups excluding carboxylic acids is 2. The van der Waals surface area contributed by atoms with Crippen LogP contribution in [0.25, 0.3) is 26.4 Å². The van der Waals surface area contributed by atoms with Crippen molar-refractivity contribution in [2.24, 2.45) is 0 Å². The molecule has 1 N–H and O–H groups in total. The maximum atomic E-state index is 14.9. The van der Waals surface area contributed by atoms with E-state index in [1.165, 1.54) is 17.4 Å². The predicted octanol–water partition coefficient (Wildman–Crippen LogP) is 4.86. The van der Waals surface area contributed by atoms with Crippen LogP contribution in [0.4, 0.5) is 9.18 Å². The maximum absolute atomic E-state index is 14.9. The van der Waals surface area contributed by atoms with Gasteiger partial charge in [0.15, 0.2) is 4.96 Å². The summed E-state index contributed by atoms with van der Waals surface area (Å²) in [7, 11) is 0. The fourth-order valence-electron chi connectivity index (χ4n) is 4.73. The molecule has 2 aliphatic heterocycles. The molecule has 1 unspecified atom stereocenters. The van der Waals surface area contributed by atoms with E-state index in [0.717, 1.165) is 42.5 Å². The van der Waals surface area contributed by atoms with Crippen LogP contribution in [0.5, 0.6) is 5.75 Å². The van der Waals surface area contributed by atoms with Gasteiger partial charge in [-0.15, -0.1) is 0 Å². The lowest BCUT2D eigenvalue weighted by Gasteiger charge is -2.23. The van der Waals surface area contributed by atoms with Crippen LogP contribution in [0.3, 0.4) is 0 Å². The van der Waals surface area contributed by atoms with Crippen LogP contribution in [0.1, 0.15) is 36.0 Å². The number of carbonyl (C=O) groups is 2. The highest BCUT2D eigenvalue weighted by Gasteiger charge is 2.21. The van der Waals surface area contributed by atoms with Crippen molar-refractivity contribution in [3.05, 3.63) is 54.0 Å².